The summed E-state index contributed by atoms with van der Waals surface area (Å²) in [5, 5.41) is 2.40. The van der Waals surface area contributed by atoms with Gasteiger partial charge in [0.15, 0.2) is 0 Å². The Morgan fingerprint density at radius 3 is 2.65 bits per heavy atom. The lowest BCUT2D eigenvalue weighted by atomic mass is 10.1. The third-order valence-corrected chi connectivity index (χ3v) is 2.63. The molecular weight excluding hydrogens is 210 g/mol. The van der Waals surface area contributed by atoms with Gasteiger partial charge in [-0.05, 0) is 11.5 Å². The van der Waals surface area contributed by atoms with E-state index in [1.165, 1.54) is 10.8 Å². The fourth-order valence-corrected chi connectivity index (χ4v) is 1.79. The first kappa shape index (κ1) is 11.6. The SMILES string of the molecule is CCC(=Nc1cccc2ccccc12)NNC. The van der Waals surface area contributed by atoms with Crippen LogP contribution in [0.5, 0.6) is 0 Å². The maximum atomic E-state index is 4.64. The van der Waals surface area contributed by atoms with Crippen molar-refractivity contribution < 1.29 is 0 Å². The van der Waals surface area contributed by atoms with Crippen LogP contribution in [0.4, 0.5) is 5.69 Å². The van der Waals surface area contributed by atoms with Crippen molar-refractivity contribution in [1.82, 2.24) is 10.9 Å². The van der Waals surface area contributed by atoms with Crippen LogP contribution in [0.15, 0.2) is 47.5 Å². The van der Waals surface area contributed by atoms with Gasteiger partial charge in [0.2, 0.25) is 0 Å². The molecule has 0 radical (unpaired) electrons. The minimum absolute atomic E-state index is 0.865. The molecule has 0 aliphatic heterocycles. The van der Waals surface area contributed by atoms with Gasteiger partial charge in [0, 0.05) is 18.9 Å². The molecule has 0 saturated heterocycles. The standard InChI is InChI=1S/C14H17N3/c1-3-14(17-15-2)16-13-10-6-8-11-7-4-5-9-12(11)13/h4-10,15H,3H2,1-2H3,(H,16,17). The molecule has 0 amide bonds. The van der Waals surface area contributed by atoms with Crippen LogP contribution in [0.1, 0.15) is 13.3 Å². The first-order valence-corrected chi connectivity index (χ1v) is 5.83. The van der Waals surface area contributed by atoms with E-state index in [1.807, 2.05) is 31.3 Å². The largest absolute Gasteiger partial charge is 0.310 e. The predicted molar refractivity (Wildman–Crippen MR) is 73.5 cm³/mol. The van der Waals surface area contributed by atoms with E-state index < -0.39 is 0 Å². The molecule has 0 heterocycles. The molecule has 0 aliphatic rings. The van der Waals surface area contributed by atoms with Crippen LogP contribution in [-0.2, 0) is 0 Å². The molecule has 2 aromatic carbocycles. The van der Waals surface area contributed by atoms with Crippen LogP contribution in [-0.4, -0.2) is 12.9 Å². The zero-order valence-electron chi connectivity index (χ0n) is 10.2. The number of fused-ring (bicyclic) bond motifs is 1. The van der Waals surface area contributed by atoms with Gasteiger partial charge in [-0.2, -0.15) is 0 Å². The quantitative estimate of drug-likeness (QED) is 0.480. The van der Waals surface area contributed by atoms with Gasteiger partial charge in [-0.15, -0.1) is 0 Å². The Morgan fingerprint density at radius 1 is 1.12 bits per heavy atom. The molecule has 17 heavy (non-hydrogen) atoms. The molecule has 0 atom stereocenters. The van der Waals surface area contributed by atoms with Crippen LogP contribution in [0.25, 0.3) is 10.8 Å². The predicted octanol–water partition coefficient (Wildman–Crippen LogP) is 3.00. The minimum Gasteiger partial charge on any atom is -0.310 e. The van der Waals surface area contributed by atoms with E-state index >= 15 is 0 Å². The van der Waals surface area contributed by atoms with Gasteiger partial charge in [-0.25, -0.2) is 10.4 Å². The van der Waals surface area contributed by atoms with Crippen LogP contribution < -0.4 is 10.9 Å². The number of nitrogens with one attached hydrogen (secondary N) is 2. The Hall–Kier alpha value is -1.87. The number of amidine groups is 1. The van der Waals surface area contributed by atoms with Crippen LogP contribution >= 0.6 is 0 Å². The third-order valence-electron chi connectivity index (χ3n) is 2.63. The Labute approximate surface area is 102 Å². The van der Waals surface area contributed by atoms with Crippen LogP contribution in [0.3, 0.4) is 0 Å². The summed E-state index contributed by atoms with van der Waals surface area (Å²) in [7, 11) is 1.84. The molecule has 0 unspecified atom stereocenters. The number of rotatable bonds is 3. The highest BCUT2D eigenvalue weighted by Crippen LogP contribution is 2.25. The molecule has 3 nitrogen and oxygen atoms in total. The Bertz CT molecular complexity index is 526. The Kier molecular flexibility index (Phi) is 3.73. The van der Waals surface area contributed by atoms with Crippen molar-refractivity contribution in [3.05, 3.63) is 42.5 Å². The van der Waals surface area contributed by atoms with Gasteiger partial charge in [0.1, 0.15) is 5.84 Å². The fourth-order valence-electron chi connectivity index (χ4n) is 1.79. The molecule has 0 spiro atoms. The zero-order chi connectivity index (χ0) is 12.1. The van der Waals surface area contributed by atoms with Crippen molar-refractivity contribution in [3.63, 3.8) is 0 Å². The number of hydrazine groups is 1. The van der Waals surface area contributed by atoms with Gasteiger partial charge < -0.3 is 5.43 Å². The smallest absolute Gasteiger partial charge is 0.116 e. The van der Waals surface area contributed by atoms with E-state index in [9.17, 15) is 0 Å². The maximum absolute atomic E-state index is 4.64. The average Bonchev–Trinajstić information content (AvgIpc) is 2.38. The topological polar surface area (TPSA) is 36.4 Å². The van der Waals surface area contributed by atoms with Crippen molar-refractivity contribution in [2.45, 2.75) is 13.3 Å². The third kappa shape index (κ3) is 2.63. The van der Waals surface area contributed by atoms with E-state index in [0.717, 1.165) is 17.9 Å². The monoisotopic (exact) mass is 227 g/mol. The normalized spacial score (nSPS) is 11.8. The van der Waals surface area contributed by atoms with Crippen LogP contribution in [0, 0.1) is 0 Å². The van der Waals surface area contributed by atoms with Crippen molar-refractivity contribution >= 4 is 22.3 Å². The van der Waals surface area contributed by atoms with Crippen molar-refractivity contribution in [1.29, 1.82) is 0 Å². The summed E-state index contributed by atoms with van der Waals surface area (Å²) in [5.41, 5.74) is 6.95. The second-order valence-electron chi connectivity index (χ2n) is 3.79. The van der Waals surface area contributed by atoms with Crippen molar-refractivity contribution in [2.24, 2.45) is 4.99 Å². The molecule has 0 aliphatic carbocycles. The average molecular weight is 227 g/mol. The zero-order valence-corrected chi connectivity index (χ0v) is 10.2. The van der Waals surface area contributed by atoms with Gasteiger partial charge in [-0.1, -0.05) is 43.3 Å². The summed E-state index contributed by atoms with van der Waals surface area (Å²) in [6.45, 7) is 2.08. The molecule has 2 rings (SSSR count). The van der Waals surface area contributed by atoms with Gasteiger partial charge in [-0.3, -0.25) is 0 Å². The molecular formula is C14H17N3. The number of aliphatic imine (C=N–C) groups is 1. The van der Waals surface area contributed by atoms with E-state index in [1.54, 1.807) is 0 Å². The van der Waals surface area contributed by atoms with Crippen molar-refractivity contribution in [3.8, 4) is 0 Å². The number of hydrogen-bond donors (Lipinski definition) is 2. The van der Waals surface area contributed by atoms with E-state index in [-0.39, 0.29) is 0 Å². The van der Waals surface area contributed by atoms with E-state index in [0.29, 0.717) is 0 Å². The lowest BCUT2D eigenvalue weighted by Crippen LogP contribution is -2.33. The number of benzene rings is 2. The second kappa shape index (κ2) is 5.46. The van der Waals surface area contributed by atoms with Gasteiger partial charge in [0.25, 0.3) is 0 Å². The number of nitrogens with zero attached hydrogens (tertiary/aromatic N) is 1. The molecule has 88 valence electrons. The minimum atomic E-state index is 0.865. The van der Waals surface area contributed by atoms with E-state index in [2.05, 4.69) is 41.0 Å². The highest BCUT2D eigenvalue weighted by atomic mass is 15.4. The molecule has 0 aromatic heterocycles. The summed E-state index contributed by atoms with van der Waals surface area (Å²) in [6, 6.07) is 14.5. The van der Waals surface area contributed by atoms with Gasteiger partial charge >= 0.3 is 0 Å². The summed E-state index contributed by atoms with van der Waals surface area (Å²) in [4.78, 5) is 4.64. The summed E-state index contributed by atoms with van der Waals surface area (Å²) in [6.07, 6.45) is 0.865. The number of hydrogen-bond acceptors (Lipinski definition) is 2. The molecule has 0 bridgehead atoms. The first-order valence-electron chi connectivity index (χ1n) is 5.83. The lowest BCUT2D eigenvalue weighted by Gasteiger charge is -2.07. The summed E-state index contributed by atoms with van der Waals surface area (Å²) < 4.78 is 0. The molecule has 0 fully saturated rings. The molecule has 3 heteroatoms. The summed E-state index contributed by atoms with van der Waals surface area (Å²) in [5.74, 6) is 0.934. The van der Waals surface area contributed by atoms with E-state index in [4.69, 9.17) is 0 Å². The maximum Gasteiger partial charge on any atom is 0.116 e. The Morgan fingerprint density at radius 2 is 1.88 bits per heavy atom. The first-order chi connectivity index (χ1) is 8.35. The van der Waals surface area contributed by atoms with Crippen molar-refractivity contribution in [2.75, 3.05) is 7.05 Å². The van der Waals surface area contributed by atoms with Gasteiger partial charge in [0.05, 0.1) is 5.69 Å². The molecule has 0 saturated carbocycles. The molecule has 2 aromatic rings. The van der Waals surface area contributed by atoms with Crippen LogP contribution in [0.2, 0.25) is 0 Å². The summed E-state index contributed by atoms with van der Waals surface area (Å²) >= 11 is 0. The highest BCUT2D eigenvalue weighted by Gasteiger charge is 2.00. The molecule has 2 N–H and O–H groups in total. The lowest BCUT2D eigenvalue weighted by molar-refractivity contribution is 0.755. The Balaban J connectivity index is 2.48. The second-order valence-corrected chi connectivity index (χ2v) is 3.79. The fraction of sp³-hybridized carbons (Fsp3) is 0.214. The highest BCUT2D eigenvalue weighted by molar-refractivity contribution is 5.96.